The molecule has 1 amide bonds. The standard InChI is InChI=1S/C13H17NO4S/c1-3-9(2)14-12(15)8-19(18)11-6-4-10(5-7-11)13(16)17/h4-7,9H,3,8H2,1-2H3,(H,14,15)(H,16,17). The third-order valence-corrected chi connectivity index (χ3v) is 3.97. The lowest BCUT2D eigenvalue weighted by molar-refractivity contribution is -0.119. The average molecular weight is 283 g/mol. The van der Waals surface area contributed by atoms with E-state index in [0.717, 1.165) is 6.42 Å². The quantitative estimate of drug-likeness (QED) is 0.826. The summed E-state index contributed by atoms with van der Waals surface area (Å²) >= 11 is 0. The predicted octanol–water partition coefficient (Wildman–Crippen LogP) is 1.41. The van der Waals surface area contributed by atoms with Gasteiger partial charge in [0.2, 0.25) is 5.91 Å². The third kappa shape index (κ3) is 4.82. The van der Waals surface area contributed by atoms with Crippen LogP contribution >= 0.6 is 0 Å². The largest absolute Gasteiger partial charge is 0.478 e. The number of carbonyl (C=O) groups is 2. The number of benzene rings is 1. The fourth-order valence-electron chi connectivity index (χ4n) is 1.37. The molecule has 0 radical (unpaired) electrons. The first-order valence-electron chi connectivity index (χ1n) is 5.95. The van der Waals surface area contributed by atoms with Gasteiger partial charge in [-0.25, -0.2) is 4.79 Å². The molecule has 104 valence electrons. The molecule has 1 aromatic rings. The van der Waals surface area contributed by atoms with Crippen LogP contribution < -0.4 is 5.32 Å². The zero-order valence-electron chi connectivity index (χ0n) is 10.9. The van der Waals surface area contributed by atoms with Crippen molar-refractivity contribution in [2.24, 2.45) is 0 Å². The third-order valence-electron chi connectivity index (χ3n) is 2.65. The van der Waals surface area contributed by atoms with E-state index in [2.05, 4.69) is 5.32 Å². The maximum absolute atomic E-state index is 11.9. The summed E-state index contributed by atoms with van der Waals surface area (Å²) < 4.78 is 11.9. The van der Waals surface area contributed by atoms with Crippen LogP contribution in [0.1, 0.15) is 30.6 Å². The van der Waals surface area contributed by atoms with Crippen LogP contribution in [-0.4, -0.2) is 33.0 Å². The van der Waals surface area contributed by atoms with Crippen LogP contribution in [0.25, 0.3) is 0 Å². The van der Waals surface area contributed by atoms with Crippen molar-refractivity contribution >= 4 is 22.7 Å². The maximum atomic E-state index is 11.9. The lowest BCUT2D eigenvalue weighted by Crippen LogP contribution is -2.35. The first kappa shape index (κ1) is 15.4. The molecule has 0 saturated heterocycles. The number of rotatable bonds is 6. The molecule has 2 N–H and O–H groups in total. The van der Waals surface area contributed by atoms with Gasteiger partial charge in [0.05, 0.1) is 16.4 Å². The highest BCUT2D eigenvalue weighted by molar-refractivity contribution is 7.85. The van der Waals surface area contributed by atoms with E-state index in [1.165, 1.54) is 24.3 Å². The van der Waals surface area contributed by atoms with Crippen molar-refractivity contribution in [3.63, 3.8) is 0 Å². The van der Waals surface area contributed by atoms with Crippen LogP contribution in [-0.2, 0) is 15.6 Å². The summed E-state index contributed by atoms with van der Waals surface area (Å²) in [6.07, 6.45) is 0.811. The van der Waals surface area contributed by atoms with Gasteiger partial charge in [0.25, 0.3) is 0 Å². The van der Waals surface area contributed by atoms with E-state index in [1.54, 1.807) is 0 Å². The van der Waals surface area contributed by atoms with E-state index in [9.17, 15) is 13.8 Å². The number of carbonyl (C=O) groups excluding carboxylic acids is 1. The Morgan fingerprint density at radius 1 is 1.32 bits per heavy atom. The molecule has 0 aliphatic heterocycles. The van der Waals surface area contributed by atoms with Gasteiger partial charge in [-0.1, -0.05) is 6.92 Å². The molecular weight excluding hydrogens is 266 g/mol. The summed E-state index contributed by atoms with van der Waals surface area (Å²) in [6.45, 7) is 3.83. The zero-order valence-corrected chi connectivity index (χ0v) is 11.7. The molecule has 0 heterocycles. The molecule has 0 saturated carbocycles. The minimum absolute atomic E-state index is 0.0545. The van der Waals surface area contributed by atoms with Gasteiger partial charge in [0.1, 0.15) is 5.75 Å². The number of hydrogen-bond donors (Lipinski definition) is 2. The van der Waals surface area contributed by atoms with E-state index in [4.69, 9.17) is 5.11 Å². The Labute approximate surface area is 114 Å². The van der Waals surface area contributed by atoms with Gasteiger partial charge in [-0.05, 0) is 37.6 Å². The number of nitrogens with one attached hydrogen (secondary N) is 1. The summed E-state index contributed by atoms with van der Waals surface area (Å²) in [6, 6.07) is 5.75. The molecule has 0 aliphatic rings. The van der Waals surface area contributed by atoms with Crippen LogP contribution in [0.3, 0.4) is 0 Å². The van der Waals surface area contributed by atoms with Crippen molar-refractivity contribution in [3.05, 3.63) is 29.8 Å². The molecule has 0 fully saturated rings. The molecule has 0 aromatic heterocycles. The molecule has 0 bridgehead atoms. The van der Waals surface area contributed by atoms with Crippen molar-refractivity contribution in [1.29, 1.82) is 0 Å². The molecule has 0 spiro atoms. The second-order valence-corrected chi connectivity index (χ2v) is 5.65. The molecule has 5 nitrogen and oxygen atoms in total. The van der Waals surface area contributed by atoms with Crippen LogP contribution in [0.2, 0.25) is 0 Å². The predicted molar refractivity (Wildman–Crippen MR) is 72.6 cm³/mol. The molecule has 2 atom stereocenters. The van der Waals surface area contributed by atoms with Gasteiger partial charge >= 0.3 is 5.97 Å². The van der Waals surface area contributed by atoms with Crippen molar-refractivity contribution in [2.75, 3.05) is 5.75 Å². The van der Waals surface area contributed by atoms with Gasteiger partial charge < -0.3 is 10.4 Å². The molecule has 6 heteroatoms. The number of hydrogen-bond acceptors (Lipinski definition) is 3. The zero-order chi connectivity index (χ0) is 14.4. The van der Waals surface area contributed by atoms with E-state index >= 15 is 0 Å². The Morgan fingerprint density at radius 2 is 1.89 bits per heavy atom. The fraction of sp³-hybridized carbons (Fsp3) is 0.385. The minimum Gasteiger partial charge on any atom is -0.478 e. The van der Waals surface area contributed by atoms with Gasteiger partial charge in [0, 0.05) is 10.9 Å². The summed E-state index contributed by atoms with van der Waals surface area (Å²) in [7, 11) is -1.46. The topological polar surface area (TPSA) is 83.5 Å². The van der Waals surface area contributed by atoms with E-state index in [0.29, 0.717) is 4.90 Å². The van der Waals surface area contributed by atoms with E-state index in [-0.39, 0.29) is 23.3 Å². The summed E-state index contributed by atoms with van der Waals surface area (Å²) in [4.78, 5) is 22.7. The number of aromatic carboxylic acids is 1. The summed E-state index contributed by atoms with van der Waals surface area (Å²) in [5, 5.41) is 11.5. The van der Waals surface area contributed by atoms with Crippen LogP contribution in [0, 0.1) is 0 Å². The van der Waals surface area contributed by atoms with Gasteiger partial charge in [-0.2, -0.15) is 0 Å². The van der Waals surface area contributed by atoms with Gasteiger partial charge in [0.15, 0.2) is 0 Å². The van der Waals surface area contributed by atoms with E-state index < -0.39 is 16.8 Å². The molecule has 0 aliphatic carbocycles. The monoisotopic (exact) mass is 283 g/mol. The smallest absolute Gasteiger partial charge is 0.335 e. The molecule has 1 rings (SSSR count). The number of amides is 1. The van der Waals surface area contributed by atoms with Gasteiger partial charge in [-0.15, -0.1) is 0 Å². The Balaban J connectivity index is 2.63. The Kier molecular flexibility index (Phi) is 5.69. The van der Waals surface area contributed by atoms with Crippen molar-refractivity contribution in [1.82, 2.24) is 5.32 Å². The van der Waals surface area contributed by atoms with Crippen molar-refractivity contribution in [2.45, 2.75) is 31.2 Å². The van der Waals surface area contributed by atoms with Crippen LogP contribution in [0.15, 0.2) is 29.2 Å². The SMILES string of the molecule is CCC(C)NC(=O)CS(=O)c1ccc(C(=O)O)cc1. The molecule has 19 heavy (non-hydrogen) atoms. The van der Waals surface area contributed by atoms with E-state index in [1.807, 2.05) is 13.8 Å². The second kappa shape index (κ2) is 7.04. The maximum Gasteiger partial charge on any atom is 0.335 e. The number of carboxylic acid groups (broad SMARTS) is 1. The first-order valence-corrected chi connectivity index (χ1v) is 7.27. The highest BCUT2D eigenvalue weighted by Crippen LogP contribution is 2.09. The van der Waals surface area contributed by atoms with Crippen molar-refractivity contribution in [3.8, 4) is 0 Å². The molecule has 1 aromatic carbocycles. The fourth-order valence-corrected chi connectivity index (χ4v) is 2.30. The normalized spacial score (nSPS) is 13.6. The van der Waals surface area contributed by atoms with Gasteiger partial charge in [-0.3, -0.25) is 9.00 Å². The lowest BCUT2D eigenvalue weighted by atomic mass is 10.2. The average Bonchev–Trinajstić information content (AvgIpc) is 2.38. The molecular formula is C13H17NO4S. The lowest BCUT2D eigenvalue weighted by Gasteiger charge is -2.11. The Bertz CT molecular complexity index is 484. The van der Waals surface area contributed by atoms with Crippen LogP contribution in [0.4, 0.5) is 0 Å². The Hall–Kier alpha value is -1.69. The number of carboxylic acids is 1. The highest BCUT2D eigenvalue weighted by atomic mass is 32.2. The van der Waals surface area contributed by atoms with Crippen molar-refractivity contribution < 1.29 is 18.9 Å². The summed E-state index contributed by atoms with van der Waals surface area (Å²) in [5.74, 6) is -1.42. The summed E-state index contributed by atoms with van der Waals surface area (Å²) in [5.41, 5.74) is 0.129. The first-order chi connectivity index (χ1) is 8.93. The molecule has 2 unspecified atom stereocenters. The second-order valence-electron chi connectivity index (χ2n) is 4.20. The highest BCUT2D eigenvalue weighted by Gasteiger charge is 2.12. The minimum atomic E-state index is -1.46. The Morgan fingerprint density at radius 3 is 2.37 bits per heavy atom. The van der Waals surface area contributed by atoms with Crippen LogP contribution in [0.5, 0.6) is 0 Å².